The van der Waals surface area contributed by atoms with E-state index in [1.165, 1.54) is 33.8 Å². The first kappa shape index (κ1) is 24.6. The number of hydrogen-bond acceptors (Lipinski definition) is 8. The minimum absolute atomic E-state index is 0.113. The SMILES string of the molecule is Cn1c(=O)c2c(ncn2CC(=O)N(CCCN2CCOCC2)c2nc3ccc(Cl)cc3s2)n(C)c1=O. The summed E-state index contributed by atoms with van der Waals surface area (Å²) in [5.74, 6) is -0.225. The van der Waals surface area contributed by atoms with Gasteiger partial charge in [-0.3, -0.25) is 28.5 Å². The monoisotopic (exact) mass is 531 g/mol. The van der Waals surface area contributed by atoms with Crippen molar-refractivity contribution in [3.63, 3.8) is 0 Å². The Morgan fingerprint density at radius 1 is 1.19 bits per heavy atom. The fourth-order valence-corrected chi connectivity index (χ4v) is 5.64. The fourth-order valence-electron chi connectivity index (χ4n) is 4.35. The number of fused-ring (bicyclic) bond motifs is 2. The Labute approximate surface area is 215 Å². The van der Waals surface area contributed by atoms with Gasteiger partial charge in [0.15, 0.2) is 16.3 Å². The van der Waals surface area contributed by atoms with Gasteiger partial charge in [0.1, 0.15) is 6.54 Å². The Morgan fingerprint density at radius 3 is 2.75 bits per heavy atom. The van der Waals surface area contributed by atoms with Crippen LogP contribution >= 0.6 is 22.9 Å². The first-order valence-corrected chi connectivity index (χ1v) is 12.8. The van der Waals surface area contributed by atoms with Crippen molar-refractivity contribution in [1.29, 1.82) is 0 Å². The number of thiazole rings is 1. The lowest BCUT2D eigenvalue weighted by molar-refractivity contribution is -0.119. The molecule has 4 aromatic rings. The van der Waals surface area contributed by atoms with Crippen molar-refractivity contribution in [3.8, 4) is 0 Å². The number of amides is 1. The first-order chi connectivity index (χ1) is 17.3. The zero-order valence-corrected chi connectivity index (χ0v) is 21.6. The van der Waals surface area contributed by atoms with Crippen LogP contribution in [-0.2, 0) is 30.2 Å². The van der Waals surface area contributed by atoms with Gasteiger partial charge in [-0.05, 0) is 24.6 Å². The molecule has 0 atom stereocenters. The molecule has 190 valence electrons. The molecule has 1 aliphatic heterocycles. The molecule has 1 saturated heterocycles. The topological polar surface area (TPSA) is 107 Å². The van der Waals surface area contributed by atoms with Crippen molar-refractivity contribution in [2.24, 2.45) is 14.1 Å². The average molecular weight is 532 g/mol. The maximum Gasteiger partial charge on any atom is 0.332 e. The number of aromatic nitrogens is 5. The molecule has 1 fully saturated rings. The fraction of sp³-hybridized carbons (Fsp3) is 0.435. The largest absolute Gasteiger partial charge is 0.379 e. The average Bonchev–Trinajstić information content (AvgIpc) is 3.48. The molecular weight excluding hydrogens is 506 g/mol. The standard InChI is InChI=1S/C23H26ClN7O4S/c1-27-20-19(21(33)28(2)23(27)34)30(14-25-20)13-18(32)31(7-3-6-29-8-10-35-11-9-29)22-26-16-5-4-15(24)12-17(16)36-22/h4-5,12,14H,3,6-11,13H2,1-2H3. The second kappa shape index (κ2) is 10.1. The third kappa shape index (κ3) is 4.69. The minimum atomic E-state index is -0.494. The van der Waals surface area contributed by atoms with Crippen LogP contribution in [0, 0.1) is 0 Å². The maximum absolute atomic E-state index is 13.6. The Morgan fingerprint density at radius 2 is 1.97 bits per heavy atom. The molecule has 36 heavy (non-hydrogen) atoms. The number of imidazole rings is 1. The quantitative estimate of drug-likeness (QED) is 0.355. The summed E-state index contributed by atoms with van der Waals surface area (Å²) in [5.41, 5.74) is 0.248. The molecule has 1 aromatic carbocycles. The Kier molecular flexibility index (Phi) is 6.93. The van der Waals surface area contributed by atoms with Crippen molar-refractivity contribution in [3.05, 3.63) is 50.4 Å². The second-order valence-corrected chi connectivity index (χ2v) is 10.2. The van der Waals surface area contributed by atoms with Gasteiger partial charge in [-0.1, -0.05) is 22.9 Å². The summed E-state index contributed by atoms with van der Waals surface area (Å²) in [7, 11) is 2.96. The minimum Gasteiger partial charge on any atom is -0.379 e. The highest BCUT2D eigenvalue weighted by atomic mass is 35.5. The number of carbonyl (C=O) groups excluding carboxylic acids is 1. The van der Waals surface area contributed by atoms with Gasteiger partial charge < -0.3 is 9.30 Å². The van der Waals surface area contributed by atoms with Gasteiger partial charge in [0.25, 0.3) is 5.56 Å². The Bertz CT molecular complexity index is 1550. The zero-order valence-electron chi connectivity index (χ0n) is 20.0. The van der Waals surface area contributed by atoms with Gasteiger partial charge in [0, 0.05) is 45.3 Å². The molecule has 11 nitrogen and oxygen atoms in total. The molecule has 0 spiro atoms. The van der Waals surface area contributed by atoms with Gasteiger partial charge in [-0.25, -0.2) is 14.8 Å². The Hall–Kier alpha value is -3.06. The third-order valence-corrected chi connectivity index (χ3v) is 7.63. The van der Waals surface area contributed by atoms with Crippen LogP contribution in [0.4, 0.5) is 5.13 Å². The van der Waals surface area contributed by atoms with Crippen molar-refractivity contribution in [2.45, 2.75) is 13.0 Å². The number of anilines is 1. The van der Waals surface area contributed by atoms with Crippen molar-refractivity contribution < 1.29 is 9.53 Å². The van der Waals surface area contributed by atoms with E-state index in [1.807, 2.05) is 12.1 Å². The summed E-state index contributed by atoms with van der Waals surface area (Å²) in [6.45, 7) is 4.36. The number of halogens is 1. The molecule has 0 unspecified atom stereocenters. The van der Waals surface area contributed by atoms with Gasteiger partial charge in [0.2, 0.25) is 5.91 Å². The lowest BCUT2D eigenvalue weighted by atomic mass is 10.3. The predicted molar refractivity (Wildman–Crippen MR) is 139 cm³/mol. The summed E-state index contributed by atoms with van der Waals surface area (Å²) >= 11 is 7.56. The molecule has 1 aliphatic rings. The number of benzene rings is 1. The molecule has 0 radical (unpaired) electrons. The number of aryl methyl sites for hydroxylation is 1. The summed E-state index contributed by atoms with van der Waals surface area (Å²) < 4.78 is 10.1. The number of morpholine rings is 1. The van der Waals surface area contributed by atoms with Crippen molar-refractivity contribution in [1.82, 2.24) is 28.6 Å². The van der Waals surface area contributed by atoms with Crippen LogP contribution in [-0.4, -0.2) is 73.9 Å². The van der Waals surface area contributed by atoms with E-state index in [4.69, 9.17) is 16.3 Å². The summed E-state index contributed by atoms with van der Waals surface area (Å²) in [6.07, 6.45) is 2.18. The molecule has 0 bridgehead atoms. The van der Waals surface area contributed by atoms with E-state index < -0.39 is 11.2 Å². The maximum atomic E-state index is 13.6. The van der Waals surface area contributed by atoms with Crippen LogP contribution in [0.5, 0.6) is 0 Å². The van der Waals surface area contributed by atoms with Crippen LogP contribution in [0.2, 0.25) is 5.02 Å². The van der Waals surface area contributed by atoms with Crippen LogP contribution in [0.3, 0.4) is 0 Å². The summed E-state index contributed by atoms with van der Waals surface area (Å²) in [5, 5.41) is 1.18. The molecular formula is C23H26ClN7O4S. The smallest absolute Gasteiger partial charge is 0.332 e. The van der Waals surface area contributed by atoms with E-state index in [0.29, 0.717) is 29.9 Å². The zero-order chi connectivity index (χ0) is 25.4. The number of rotatable bonds is 7. The molecule has 5 rings (SSSR count). The predicted octanol–water partition coefficient (Wildman–Crippen LogP) is 1.45. The molecule has 0 aliphatic carbocycles. The summed E-state index contributed by atoms with van der Waals surface area (Å²) in [6, 6.07) is 5.44. The van der Waals surface area contributed by atoms with E-state index >= 15 is 0 Å². The molecule has 13 heteroatoms. The number of nitrogens with zero attached hydrogens (tertiary/aromatic N) is 7. The van der Waals surface area contributed by atoms with Crippen molar-refractivity contribution in [2.75, 3.05) is 44.3 Å². The molecule has 0 saturated carbocycles. The van der Waals surface area contributed by atoms with Gasteiger partial charge in [0.05, 0.1) is 29.8 Å². The van der Waals surface area contributed by atoms with E-state index in [9.17, 15) is 14.4 Å². The van der Waals surface area contributed by atoms with Gasteiger partial charge in [-0.15, -0.1) is 0 Å². The van der Waals surface area contributed by atoms with Crippen LogP contribution in [0.1, 0.15) is 6.42 Å². The van der Waals surface area contributed by atoms with E-state index in [-0.39, 0.29) is 23.6 Å². The highest BCUT2D eigenvalue weighted by Gasteiger charge is 2.23. The molecule has 0 N–H and O–H groups in total. The van der Waals surface area contributed by atoms with Crippen LogP contribution < -0.4 is 16.1 Å². The lowest BCUT2D eigenvalue weighted by Gasteiger charge is -2.27. The van der Waals surface area contributed by atoms with E-state index in [1.54, 1.807) is 18.0 Å². The lowest BCUT2D eigenvalue weighted by Crippen LogP contribution is -2.40. The summed E-state index contributed by atoms with van der Waals surface area (Å²) in [4.78, 5) is 51.6. The second-order valence-electron chi connectivity index (χ2n) is 8.71. The molecule has 3 aromatic heterocycles. The van der Waals surface area contributed by atoms with E-state index in [2.05, 4.69) is 14.9 Å². The van der Waals surface area contributed by atoms with E-state index in [0.717, 1.165) is 40.8 Å². The van der Waals surface area contributed by atoms with Crippen LogP contribution in [0.15, 0.2) is 34.1 Å². The van der Waals surface area contributed by atoms with Crippen molar-refractivity contribution >= 4 is 55.4 Å². The number of hydrogen-bond donors (Lipinski definition) is 0. The first-order valence-electron chi connectivity index (χ1n) is 11.6. The highest BCUT2D eigenvalue weighted by molar-refractivity contribution is 7.22. The highest BCUT2D eigenvalue weighted by Crippen LogP contribution is 2.31. The number of carbonyl (C=O) groups is 1. The van der Waals surface area contributed by atoms with Gasteiger partial charge in [-0.2, -0.15) is 0 Å². The van der Waals surface area contributed by atoms with Gasteiger partial charge >= 0.3 is 5.69 Å². The number of ether oxygens (including phenoxy) is 1. The molecule has 4 heterocycles. The normalized spacial score (nSPS) is 14.6. The molecule has 1 amide bonds. The Balaban J connectivity index is 1.44. The van der Waals surface area contributed by atoms with Crippen LogP contribution in [0.25, 0.3) is 21.4 Å². The third-order valence-electron chi connectivity index (χ3n) is 6.35.